The molecule has 7 rings (SSSR count). The second-order valence-corrected chi connectivity index (χ2v) is 13.7. The number of hydrogen-bond acceptors (Lipinski definition) is 13. The Morgan fingerprint density at radius 2 is 1.82 bits per heavy atom. The topological polar surface area (TPSA) is 174 Å². The molecule has 1 aliphatic heterocycles. The van der Waals surface area contributed by atoms with Crippen molar-refractivity contribution in [1.29, 1.82) is 5.26 Å². The number of ether oxygens (including phenoxy) is 3. The molecule has 3 aliphatic rings. The van der Waals surface area contributed by atoms with E-state index in [9.17, 15) is 10.4 Å². The van der Waals surface area contributed by atoms with Crippen LogP contribution >= 0.6 is 0 Å². The maximum absolute atomic E-state index is 10.5. The first-order valence-corrected chi connectivity index (χ1v) is 17.1. The molecule has 3 fully saturated rings. The number of benzene rings is 1. The molecule has 4 aromatic rings. The highest BCUT2D eigenvalue weighted by molar-refractivity contribution is 5.67. The van der Waals surface area contributed by atoms with Crippen molar-refractivity contribution in [2.45, 2.75) is 102 Å². The molecule has 2 N–H and O–H groups in total. The van der Waals surface area contributed by atoms with E-state index in [0.717, 1.165) is 62.7 Å². The largest absolute Gasteiger partial charge is 0.487 e. The van der Waals surface area contributed by atoms with Crippen LogP contribution in [0, 0.1) is 11.3 Å². The van der Waals surface area contributed by atoms with Gasteiger partial charge in [-0.1, -0.05) is 6.07 Å². The van der Waals surface area contributed by atoms with E-state index in [2.05, 4.69) is 55.6 Å². The summed E-state index contributed by atoms with van der Waals surface area (Å²) < 4.78 is 21.7. The summed E-state index contributed by atoms with van der Waals surface area (Å²) in [4.78, 5) is 11.8. The van der Waals surface area contributed by atoms with Crippen LogP contribution in [0.2, 0.25) is 0 Å². The maximum atomic E-state index is 10.5. The normalized spacial score (nSPS) is 24.1. The molecule has 0 radical (unpaired) electrons. The molecule has 0 bridgehead atoms. The third-order valence-corrected chi connectivity index (χ3v) is 9.50. The summed E-state index contributed by atoms with van der Waals surface area (Å²) in [5.74, 6) is 1.27. The van der Waals surface area contributed by atoms with E-state index in [1.54, 1.807) is 23.1 Å². The van der Waals surface area contributed by atoms with Crippen LogP contribution in [-0.2, 0) is 11.3 Å². The van der Waals surface area contributed by atoms with Crippen molar-refractivity contribution in [2.75, 3.05) is 25.0 Å². The van der Waals surface area contributed by atoms with Crippen LogP contribution in [-0.4, -0.2) is 99.6 Å². The van der Waals surface area contributed by atoms with E-state index in [4.69, 9.17) is 19.3 Å². The lowest BCUT2D eigenvalue weighted by atomic mass is 9.89. The molecule has 0 amide bonds. The van der Waals surface area contributed by atoms with Crippen LogP contribution in [0.15, 0.2) is 43.1 Å². The third kappa shape index (κ3) is 7.98. The van der Waals surface area contributed by atoms with Crippen LogP contribution in [0.25, 0.3) is 11.1 Å². The summed E-state index contributed by atoms with van der Waals surface area (Å²) in [6.45, 7) is 8.80. The monoisotopic (exact) mass is 669 g/mol. The quantitative estimate of drug-likeness (QED) is 0.222. The molecular weight excluding hydrogens is 626 g/mol. The van der Waals surface area contributed by atoms with Gasteiger partial charge in [0.1, 0.15) is 36.5 Å². The summed E-state index contributed by atoms with van der Waals surface area (Å²) >= 11 is 0. The Labute approximate surface area is 285 Å². The lowest BCUT2D eigenvalue weighted by Gasteiger charge is -2.42. The van der Waals surface area contributed by atoms with Gasteiger partial charge >= 0.3 is 0 Å². The van der Waals surface area contributed by atoms with Crippen LogP contribution in [0.4, 0.5) is 11.6 Å². The fourth-order valence-electron chi connectivity index (χ4n) is 6.78. The fourth-order valence-corrected chi connectivity index (χ4v) is 6.78. The Kier molecular flexibility index (Phi) is 9.44. The van der Waals surface area contributed by atoms with Crippen molar-refractivity contribution in [3.05, 3.63) is 48.7 Å². The van der Waals surface area contributed by atoms with Gasteiger partial charge < -0.3 is 24.6 Å². The van der Waals surface area contributed by atoms with Gasteiger partial charge in [0.15, 0.2) is 0 Å². The molecule has 3 aromatic heterocycles. The number of nitrogens with zero attached hydrogens (tertiary/aromatic N) is 10. The van der Waals surface area contributed by atoms with Gasteiger partial charge in [-0.15, -0.1) is 10.2 Å². The first-order valence-electron chi connectivity index (χ1n) is 17.1. The number of aromatic nitrogens is 8. The van der Waals surface area contributed by atoms with Gasteiger partial charge in [0.25, 0.3) is 5.88 Å². The lowest BCUT2D eigenvalue weighted by molar-refractivity contribution is -0.0852. The molecule has 3 atom stereocenters. The Morgan fingerprint density at radius 3 is 2.49 bits per heavy atom. The highest BCUT2D eigenvalue weighted by atomic mass is 16.5. The minimum atomic E-state index is -0.779. The summed E-state index contributed by atoms with van der Waals surface area (Å²) in [5, 5.41) is 39.4. The smallest absolute Gasteiger partial charge is 0.257 e. The zero-order valence-corrected chi connectivity index (χ0v) is 28.1. The van der Waals surface area contributed by atoms with Crippen LogP contribution in [0.1, 0.15) is 70.9 Å². The second kappa shape index (κ2) is 14.1. The van der Waals surface area contributed by atoms with Crippen molar-refractivity contribution >= 4 is 11.6 Å². The Bertz CT molecular complexity index is 1730. The summed E-state index contributed by atoms with van der Waals surface area (Å²) in [6.07, 6.45) is 12.9. The van der Waals surface area contributed by atoms with E-state index >= 15 is 0 Å². The third-order valence-electron chi connectivity index (χ3n) is 9.50. The van der Waals surface area contributed by atoms with Crippen LogP contribution in [0.3, 0.4) is 0 Å². The van der Waals surface area contributed by atoms with Crippen LogP contribution in [0.5, 0.6) is 11.6 Å². The molecule has 15 nitrogen and oxygen atoms in total. The number of tetrazole rings is 1. The standard InChI is InChI=1S/C34H43N11O4/c1-22-16-43(17-23(2)48-22)28-6-8-29(9-7-28)45-19-30(32(40-45)47-20-34(46)10-11-34)39-33-36-14-27(15-37-33)25-4-5-26(13-35)31(12-25)49-24(3)18-44-21-38-41-42-44/h4-5,12,14-15,19,21-24,28-29,46H,6-11,16-18,20H2,1-3H3,(H,36,37,39)/t22-,23+,24-,28?,29?/m0/s1. The van der Waals surface area contributed by atoms with Gasteiger partial charge in [0.05, 0.1) is 42.2 Å². The summed E-state index contributed by atoms with van der Waals surface area (Å²) in [5.41, 5.74) is 1.86. The van der Waals surface area contributed by atoms with E-state index in [-0.39, 0.29) is 31.0 Å². The van der Waals surface area contributed by atoms with Crippen molar-refractivity contribution in [2.24, 2.45) is 0 Å². The van der Waals surface area contributed by atoms with Gasteiger partial charge in [-0.2, -0.15) is 5.26 Å². The maximum Gasteiger partial charge on any atom is 0.257 e. The van der Waals surface area contributed by atoms with E-state index in [1.165, 1.54) is 6.33 Å². The number of aliphatic hydroxyl groups is 1. The second-order valence-electron chi connectivity index (χ2n) is 13.7. The van der Waals surface area contributed by atoms with Gasteiger partial charge in [0, 0.05) is 37.1 Å². The first-order chi connectivity index (χ1) is 23.7. The van der Waals surface area contributed by atoms with E-state index < -0.39 is 5.60 Å². The SMILES string of the molecule is C[C@@H]1CN(C2CCC(n3cc(Nc4ncc(-c5ccc(C#N)c(O[C@@H](C)Cn6cnnn6)c5)cn4)c(OCC4(O)CC4)n3)CC2)C[C@H](C)O1. The molecule has 2 aliphatic carbocycles. The fraction of sp³-hybridized carbons (Fsp3) is 0.559. The molecule has 15 heteroatoms. The molecular formula is C34H43N11O4. The molecule has 258 valence electrons. The predicted octanol–water partition coefficient (Wildman–Crippen LogP) is 3.91. The van der Waals surface area contributed by atoms with Crippen LogP contribution < -0.4 is 14.8 Å². The first kappa shape index (κ1) is 32.9. The Morgan fingerprint density at radius 1 is 1.08 bits per heavy atom. The highest BCUT2D eigenvalue weighted by Gasteiger charge is 2.42. The van der Waals surface area contributed by atoms with Gasteiger partial charge in [0.2, 0.25) is 5.95 Å². The van der Waals surface area contributed by atoms with Gasteiger partial charge in [-0.25, -0.2) is 14.6 Å². The molecule has 0 unspecified atom stereocenters. The minimum Gasteiger partial charge on any atom is -0.487 e. The lowest BCUT2D eigenvalue weighted by Crippen LogP contribution is -2.51. The Balaban J connectivity index is 1.03. The summed E-state index contributed by atoms with van der Waals surface area (Å²) in [6, 6.07) is 8.39. The summed E-state index contributed by atoms with van der Waals surface area (Å²) in [7, 11) is 0. The number of nitrogens with one attached hydrogen (secondary N) is 1. The van der Waals surface area contributed by atoms with Gasteiger partial charge in [-0.3, -0.25) is 9.58 Å². The number of hydrogen-bond donors (Lipinski definition) is 2. The zero-order chi connectivity index (χ0) is 34.0. The Hall–Kier alpha value is -4.65. The zero-order valence-electron chi connectivity index (χ0n) is 28.1. The van der Waals surface area contributed by atoms with Gasteiger partial charge in [-0.05, 0) is 87.4 Å². The van der Waals surface area contributed by atoms with E-state index in [0.29, 0.717) is 41.4 Å². The minimum absolute atomic E-state index is 0.191. The van der Waals surface area contributed by atoms with Crippen molar-refractivity contribution < 1.29 is 19.3 Å². The average molecular weight is 670 g/mol. The molecule has 0 spiro atoms. The number of rotatable bonds is 12. The highest BCUT2D eigenvalue weighted by Crippen LogP contribution is 2.38. The number of nitriles is 1. The van der Waals surface area contributed by atoms with E-state index in [1.807, 2.05) is 29.9 Å². The van der Waals surface area contributed by atoms with Crippen molar-refractivity contribution in [1.82, 2.24) is 44.9 Å². The molecule has 4 heterocycles. The van der Waals surface area contributed by atoms with Crippen molar-refractivity contribution in [3.8, 4) is 28.8 Å². The number of anilines is 2. The molecule has 1 saturated heterocycles. The molecule has 2 saturated carbocycles. The number of morpholine rings is 1. The average Bonchev–Trinajstić information content (AvgIpc) is 3.41. The molecule has 1 aromatic carbocycles. The molecule has 49 heavy (non-hydrogen) atoms. The van der Waals surface area contributed by atoms with Crippen molar-refractivity contribution in [3.63, 3.8) is 0 Å². The predicted molar refractivity (Wildman–Crippen MR) is 178 cm³/mol.